The lowest BCUT2D eigenvalue weighted by Crippen LogP contribution is -2.33. The second-order valence-electron chi connectivity index (χ2n) is 7.41. The van der Waals surface area contributed by atoms with E-state index in [1.54, 1.807) is 0 Å². The zero-order chi connectivity index (χ0) is 25.1. The van der Waals surface area contributed by atoms with Crippen molar-refractivity contribution in [1.82, 2.24) is 39.0 Å². The van der Waals surface area contributed by atoms with Gasteiger partial charge in [0.1, 0.15) is 36.9 Å². The first-order chi connectivity index (χ1) is 16.8. The number of ether oxygens (including phenoxy) is 2. The van der Waals surface area contributed by atoms with E-state index in [0.717, 1.165) is 0 Å². The minimum atomic E-state index is -1.19. The third-order valence-corrected chi connectivity index (χ3v) is 5.14. The Labute approximate surface area is 195 Å². The number of aromatic amines is 1. The number of fused-ring (bicyclic) bond motifs is 2. The highest BCUT2D eigenvalue weighted by Crippen LogP contribution is 2.31. The van der Waals surface area contributed by atoms with E-state index >= 15 is 0 Å². The topological polar surface area (TPSA) is 259 Å². The number of aliphatic hydroxyl groups excluding tert-OH is 4. The molecule has 0 spiro atoms. The highest BCUT2D eigenvalue weighted by Gasteiger charge is 2.43. The molecule has 1 fully saturated rings. The molecule has 4 aromatic rings. The number of aromatic nitrogens is 8. The van der Waals surface area contributed by atoms with Crippen molar-refractivity contribution >= 4 is 34.1 Å². The summed E-state index contributed by atoms with van der Waals surface area (Å²) in [6.07, 6.45) is 0.0113. The number of aliphatic hydroxyl groups is 4. The number of nitrogen functional groups attached to an aromatic ring is 2. The number of H-pyrrole nitrogens is 1. The standard InChI is InChI=1S/C10H13N5O4.C8H11N5O3/c11-8-5-9(13-2-12-8)15(3-14-5)10-7(18)6(17)4(1-16)19-10;9-8-11-6-5(7(15)12-8)10-3-13(6)4-16-2-1-14/h2-4,6-7,10,16-18H,1H2,(H2,11,12,13);3,14H,1-2,4H2,(H3,9,11,12,15)/t4-,6-,7-,10-;/m1./s1. The zero-order valence-corrected chi connectivity index (χ0v) is 18.2. The lowest BCUT2D eigenvalue weighted by Gasteiger charge is -2.16. The van der Waals surface area contributed by atoms with Crippen molar-refractivity contribution in [3.05, 3.63) is 29.3 Å². The van der Waals surface area contributed by atoms with Gasteiger partial charge in [-0.3, -0.25) is 18.9 Å². The fourth-order valence-electron chi connectivity index (χ4n) is 3.46. The Bertz CT molecular complexity index is 1350. The van der Waals surface area contributed by atoms with Gasteiger partial charge in [0.25, 0.3) is 5.56 Å². The molecule has 1 aliphatic heterocycles. The molecule has 0 amide bonds. The van der Waals surface area contributed by atoms with Crippen LogP contribution in [0.25, 0.3) is 22.3 Å². The van der Waals surface area contributed by atoms with E-state index in [1.165, 1.54) is 28.1 Å². The van der Waals surface area contributed by atoms with Crippen LogP contribution in [0.4, 0.5) is 11.8 Å². The summed E-state index contributed by atoms with van der Waals surface area (Å²) in [7, 11) is 0. The Hall–Kier alpha value is -3.74. The van der Waals surface area contributed by atoms with Gasteiger partial charge in [0, 0.05) is 0 Å². The third-order valence-electron chi connectivity index (χ3n) is 5.14. The van der Waals surface area contributed by atoms with Gasteiger partial charge in [0.05, 0.1) is 32.5 Å². The average molecular weight is 492 g/mol. The molecular formula is C18H24N10O7. The van der Waals surface area contributed by atoms with Crippen molar-refractivity contribution in [2.45, 2.75) is 31.3 Å². The monoisotopic (exact) mass is 492 g/mol. The van der Waals surface area contributed by atoms with Crippen LogP contribution < -0.4 is 17.0 Å². The molecule has 188 valence electrons. The molecular weight excluding hydrogens is 468 g/mol. The molecule has 1 aliphatic rings. The number of anilines is 2. The van der Waals surface area contributed by atoms with Gasteiger partial charge in [0.2, 0.25) is 5.95 Å². The number of rotatable bonds is 6. The summed E-state index contributed by atoms with van der Waals surface area (Å²) in [6, 6.07) is 0. The van der Waals surface area contributed by atoms with Gasteiger partial charge in [-0.15, -0.1) is 0 Å². The number of nitrogens with zero attached hydrogens (tertiary/aromatic N) is 7. The smallest absolute Gasteiger partial charge is 0.280 e. The number of nitrogens with one attached hydrogen (secondary N) is 1. The molecule has 0 bridgehead atoms. The van der Waals surface area contributed by atoms with Gasteiger partial charge in [-0.25, -0.2) is 19.9 Å². The lowest BCUT2D eigenvalue weighted by atomic mass is 10.1. The van der Waals surface area contributed by atoms with Crippen LogP contribution in [-0.4, -0.2) is 97.6 Å². The Morgan fingerprint density at radius 2 is 1.83 bits per heavy atom. The normalized spacial score (nSPS) is 21.9. The number of nitrogens with two attached hydrogens (primary N) is 2. The Balaban J connectivity index is 0.000000168. The van der Waals surface area contributed by atoms with Crippen LogP contribution in [0, 0.1) is 0 Å². The summed E-state index contributed by atoms with van der Waals surface area (Å²) in [6.45, 7) is -0.0907. The van der Waals surface area contributed by atoms with Crippen LogP contribution in [0.3, 0.4) is 0 Å². The SMILES string of the molecule is Nc1nc2c(ncn2COCCO)c(=O)[nH]1.Nc1ncnc2c1ncn2[C@@H]1O[C@H](CO)[C@@H](O)[C@H]1O. The molecule has 4 atom stereocenters. The van der Waals surface area contributed by atoms with E-state index in [-0.39, 0.29) is 42.8 Å². The quantitative estimate of drug-likeness (QED) is 0.130. The molecule has 0 aromatic carbocycles. The summed E-state index contributed by atoms with van der Waals surface area (Å²) in [5, 5.41) is 37.3. The maximum atomic E-state index is 11.4. The van der Waals surface area contributed by atoms with Crippen LogP contribution >= 0.6 is 0 Å². The molecule has 5 heterocycles. The molecule has 35 heavy (non-hydrogen) atoms. The fraction of sp³-hybridized carbons (Fsp3) is 0.444. The van der Waals surface area contributed by atoms with E-state index in [9.17, 15) is 15.0 Å². The predicted molar refractivity (Wildman–Crippen MR) is 118 cm³/mol. The largest absolute Gasteiger partial charge is 0.394 e. The molecule has 17 nitrogen and oxygen atoms in total. The van der Waals surface area contributed by atoms with Crippen molar-refractivity contribution in [2.75, 3.05) is 31.3 Å². The van der Waals surface area contributed by atoms with Gasteiger partial charge in [-0.05, 0) is 0 Å². The average Bonchev–Trinajstić information content (AvgIpc) is 3.52. The molecule has 5 rings (SSSR count). The zero-order valence-electron chi connectivity index (χ0n) is 18.2. The van der Waals surface area contributed by atoms with Gasteiger partial charge in [-0.1, -0.05) is 0 Å². The van der Waals surface area contributed by atoms with Crippen molar-refractivity contribution in [1.29, 1.82) is 0 Å². The molecule has 0 saturated carbocycles. The summed E-state index contributed by atoms with van der Waals surface area (Å²) < 4.78 is 13.5. The van der Waals surface area contributed by atoms with Crippen LogP contribution in [0.1, 0.15) is 6.23 Å². The third kappa shape index (κ3) is 4.76. The highest BCUT2D eigenvalue weighted by molar-refractivity contribution is 5.81. The predicted octanol–water partition coefficient (Wildman–Crippen LogP) is -3.31. The van der Waals surface area contributed by atoms with Gasteiger partial charge in [-0.2, -0.15) is 4.98 Å². The summed E-state index contributed by atoms with van der Waals surface area (Å²) in [4.78, 5) is 33.5. The van der Waals surface area contributed by atoms with E-state index in [4.69, 9.17) is 31.2 Å². The van der Waals surface area contributed by atoms with E-state index in [2.05, 4.69) is 29.9 Å². The molecule has 0 unspecified atom stereocenters. The first-order valence-corrected chi connectivity index (χ1v) is 10.3. The maximum absolute atomic E-state index is 11.4. The van der Waals surface area contributed by atoms with Crippen molar-refractivity contribution in [2.24, 2.45) is 0 Å². The number of hydrogen-bond acceptors (Lipinski definition) is 14. The highest BCUT2D eigenvalue weighted by atomic mass is 16.6. The Morgan fingerprint density at radius 1 is 1.06 bits per heavy atom. The number of imidazole rings is 2. The van der Waals surface area contributed by atoms with Gasteiger partial charge in [0.15, 0.2) is 28.9 Å². The minimum absolute atomic E-state index is 0.0291. The second-order valence-corrected chi connectivity index (χ2v) is 7.41. The number of hydrogen-bond donors (Lipinski definition) is 7. The molecule has 17 heteroatoms. The molecule has 0 aliphatic carbocycles. The van der Waals surface area contributed by atoms with Crippen LogP contribution in [0.15, 0.2) is 23.8 Å². The van der Waals surface area contributed by atoms with Gasteiger partial charge < -0.3 is 41.4 Å². The van der Waals surface area contributed by atoms with Crippen LogP contribution in [0.2, 0.25) is 0 Å². The maximum Gasteiger partial charge on any atom is 0.280 e. The molecule has 9 N–H and O–H groups in total. The molecule has 4 aromatic heterocycles. The fourth-order valence-corrected chi connectivity index (χ4v) is 3.46. The summed E-state index contributed by atoms with van der Waals surface area (Å²) >= 11 is 0. The Kier molecular flexibility index (Phi) is 7.15. The van der Waals surface area contributed by atoms with Crippen LogP contribution in [0.5, 0.6) is 0 Å². The van der Waals surface area contributed by atoms with Crippen molar-refractivity contribution in [3.63, 3.8) is 0 Å². The van der Waals surface area contributed by atoms with E-state index in [0.29, 0.717) is 16.8 Å². The Morgan fingerprint density at radius 3 is 2.54 bits per heavy atom. The van der Waals surface area contributed by atoms with Crippen molar-refractivity contribution < 1.29 is 29.9 Å². The van der Waals surface area contributed by atoms with Crippen LogP contribution in [-0.2, 0) is 16.2 Å². The van der Waals surface area contributed by atoms with E-state index in [1.807, 2.05) is 0 Å². The first-order valence-electron chi connectivity index (χ1n) is 10.3. The minimum Gasteiger partial charge on any atom is -0.394 e. The first kappa shape index (κ1) is 24.4. The van der Waals surface area contributed by atoms with Gasteiger partial charge >= 0.3 is 0 Å². The van der Waals surface area contributed by atoms with Crippen molar-refractivity contribution in [3.8, 4) is 0 Å². The molecule has 1 saturated heterocycles. The second kappa shape index (κ2) is 10.3. The summed E-state index contributed by atoms with van der Waals surface area (Å²) in [5.74, 6) is 0.247. The van der Waals surface area contributed by atoms with E-state index < -0.39 is 31.1 Å². The summed E-state index contributed by atoms with van der Waals surface area (Å²) in [5.41, 5.74) is 12.0. The molecule has 0 radical (unpaired) electrons. The lowest BCUT2D eigenvalue weighted by molar-refractivity contribution is -0.0511.